The molecule has 0 saturated heterocycles. The highest BCUT2D eigenvalue weighted by Crippen LogP contribution is 2.23. The van der Waals surface area contributed by atoms with Gasteiger partial charge in [-0.05, 0) is 12.8 Å². The van der Waals surface area contributed by atoms with Crippen molar-refractivity contribution in [1.29, 1.82) is 0 Å². The van der Waals surface area contributed by atoms with Gasteiger partial charge in [-0.3, -0.25) is 4.79 Å². The number of esters is 1. The molecule has 4 heteroatoms. The quantitative estimate of drug-likeness (QED) is 0.647. The van der Waals surface area contributed by atoms with Crippen molar-refractivity contribution in [3.8, 4) is 0 Å². The maximum atomic E-state index is 11.2. The van der Waals surface area contributed by atoms with Crippen LogP contribution in [0.5, 0.6) is 0 Å². The molecule has 0 aromatic carbocycles. The van der Waals surface area contributed by atoms with Gasteiger partial charge >= 0.3 is 5.97 Å². The smallest absolute Gasteiger partial charge is 0.309 e. The number of carbonyl (C=O) groups is 1. The fourth-order valence-electron chi connectivity index (χ4n) is 1.77. The summed E-state index contributed by atoms with van der Waals surface area (Å²) in [5.74, 6) is -0.0989. The van der Waals surface area contributed by atoms with E-state index >= 15 is 0 Å². The molecule has 0 bridgehead atoms. The Bertz CT molecular complexity index is 319. The van der Waals surface area contributed by atoms with Gasteiger partial charge in [-0.2, -0.15) is 0 Å². The zero-order valence-corrected chi connectivity index (χ0v) is 7.54. The summed E-state index contributed by atoms with van der Waals surface area (Å²) in [4.78, 5) is 18.5. The van der Waals surface area contributed by atoms with Gasteiger partial charge in [-0.25, -0.2) is 4.98 Å². The summed E-state index contributed by atoms with van der Waals surface area (Å²) in [7, 11) is 1.44. The Morgan fingerprint density at radius 1 is 1.77 bits per heavy atom. The molecule has 1 atom stereocenters. The molecule has 0 spiro atoms. The Morgan fingerprint density at radius 3 is 3.38 bits per heavy atom. The molecule has 70 valence electrons. The fraction of sp³-hybridized carbons (Fsp3) is 0.556. The third-order valence-electron chi connectivity index (χ3n) is 2.52. The zero-order valence-electron chi connectivity index (χ0n) is 7.54. The number of rotatable bonds is 1. The molecule has 13 heavy (non-hydrogen) atoms. The third-order valence-corrected chi connectivity index (χ3v) is 2.52. The van der Waals surface area contributed by atoms with Gasteiger partial charge in [0.1, 0.15) is 0 Å². The fourth-order valence-corrected chi connectivity index (χ4v) is 1.77. The second-order valence-electron chi connectivity index (χ2n) is 3.29. The molecule has 0 unspecified atom stereocenters. The average molecular weight is 180 g/mol. The lowest BCUT2D eigenvalue weighted by atomic mass is 9.90. The molecule has 1 aromatic heterocycles. The lowest BCUT2D eigenvalue weighted by Crippen LogP contribution is -2.23. The molecule has 1 heterocycles. The monoisotopic (exact) mass is 180 g/mol. The standard InChI is InChI=1S/C9H12N2O2/c1-13-9(12)6-2-3-7-8(4-6)11-5-10-7/h5-6H,2-4H2,1H3,(H,10,11)/t6-/m0/s1. The third kappa shape index (κ3) is 1.43. The first-order valence-electron chi connectivity index (χ1n) is 4.40. The predicted octanol–water partition coefficient (Wildman–Crippen LogP) is 0.688. The van der Waals surface area contributed by atoms with Crippen LogP contribution in [-0.4, -0.2) is 23.0 Å². The number of aryl methyl sites for hydroxylation is 1. The van der Waals surface area contributed by atoms with E-state index in [0.29, 0.717) is 0 Å². The normalized spacial score (nSPS) is 20.8. The number of fused-ring (bicyclic) bond motifs is 1. The number of methoxy groups -OCH3 is 1. The lowest BCUT2D eigenvalue weighted by molar-refractivity contribution is -0.145. The summed E-state index contributed by atoms with van der Waals surface area (Å²) in [5, 5.41) is 0. The number of hydrogen-bond acceptors (Lipinski definition) is 3. The van der Waals surface area contributed by atoms with Crippen molar-refractivity contribution < 1.29 is 9.53 Å². The van der Waals surface area contributed by atoms with Crippen LogP contribution in [0.1, 0.15) is 17.8 Å². The van der Waals surface area contributed by atoms with Gasteiger partial charge in [0.05, 0.1) is 25.0 Å². The summed E-state index contributed by atoms with van der Waals surface area (Å²) in [5.41, 5.74) is 2.18. The Labute approximate surface area is 76.3 Å². The van der Waals surface area contributed by atoms with Crippen LogP contribution in [0.25, 0.3) is 0 Å². The minimum Gasteiger partial charge on any atom is -0.469 e. The molecule has 1 aliphatic carbocycles. The summed E-state index contributed by atoms with van der Waals surface area (Å²) in [6.45, 7) is 0. The Morgan fingerprint density at radius 2 is 2.62 bits per heavy atom. The molecule has 0 amide bonds. The van der Waals surface area contributed by atoms with E-state index in [2.05, 4.69) is 9.97 Å². The van der Waals surface area contributed by atoms with Crippen molar-refractivity contribution >= 4 is 5.97 Å². The van der Waals surface area contributed by atoms with E-state index < -0.39 is 0 Å². The van der Waals surface area contributed by atoms with Gasteiger partial charge < -0.3 is 9.72 Å². The summed E-state index contributed by atoms with van der Waals surface area (Å²) < 4.78 is 4.71. The first-order valence-corrected chi connectivity index (χ1v) is 4.40. The van der Waals surface area contributed by atoms with E-state index in [1.54, 1.807) is 6.33 Å². The second kappa shape index (κ2) is 3.20. The number of aromatic nitrogens is 2. The van der Waals surface area contributed by atoms with Crippen molar-refractivity contribution in [2.75, 3.05) is 7.11 Å². The second-order valence-corrected chi connectivity index (χ2v) is 3.29. The van der Waals surface area contributed by atoms with Gasteiger partial charge in [0.25, 0.3) is 0 Å². The highest BCUT2D eigenvalue weighted by molar-refractivity contribution is 5.72. The number of carbonyl (C=O) groups excluding carboxylic acids is 1. The van der Waals surface area contributed by atoms with Crippen LogP contribution >= 0.6 is 0 Å². The topological polar surface area (TPSA) is 55.0 Å². The van der Waals surface area contributed by atoms with Crippen molar-refractivity contribution in [3.05, 3.63) is 17.7 Å². The molecule has 0 radical (unpaired) electrons. The molecule has 1 N–H and O–H groups in total. The molecule has 0 saturated carbocycles. The lowest BCUT2D eigenvalue weighted by Gasteiger charge is -2.18. The van der Waals surface area contributed by atoms with Gasteiger partial charge in [0, 0.05) is 12.1 Å². The minimum absolute atomic E-state index is 0.0120. The molecule has 4 nitrogen and oxygen atoms in total. The van der Waals surface area contributed by atoms with E-state index in [-0.39, 0.29) is 11.9 Å². The minimum atomic E-state index is -0.111. The number of aromatic amines is 1. The number of ether oxygens (including phenoxy) is 1. The number of H-pyrrole nitrogens is 1. The largest absolute Gasteiger partial charge is 0.469 e. The number of imidazole rings is 1. The van der Waals surface area contributed by atoms with Crippen molar-refractivity contribution in [3.63, 3.8) is 0 Å². The maximum absolute atomic E-state index is 11.2. The van der Waals surface area contributed by atoms with E-state index in [1.165, 1.54) is 7.11 Å². The Hall–Kier alpha value is -1.32. The van der Waals surface area contributed by atoms with E-state index in [0.717, 1.165) is 30.7 Å². The number of hydrogen-bond donors (Lipinski definition) is 1. The average Bonchev–Trinajstić information content (AvgIpc) is 2.63. The number of nitrogens with one attached hydrogen (secondary N) is 1. The Kier molecular flexibility index (Phi) is 2.04. The summed E-state index contributed by atoms with van der Waals surface area (Å²) >= 11 is 0. The van der Waals surface area contributed by atoms with Gasteiger partial charge in [-0.15, -0.1) is 0 Å². The molecule has 2 rings (SSSR count). The molecule has 1 aromatic rings. The number of nitrogens with zero attached hydrogens (tertiary/aromatic N) is 1. The van der Waals surface area contributed by atoms with Gasteiger partial charge in [0.2, 0.25) is 0 Å². The molecular weight excluding hydrogens is 168 g/mol. The van der Waals surface area contributed by atoms with Crippen LogP contribution < -0.4 is 0 Å². The molecule has 0 aliphatic heterocycles. The summed E-state index contributed by atoms with van der Waals surface area (Å²) in [6.07, 6.45) is 4.15. The predicted molar refractivity (Wildman–Crippen MR) is 46.1 cm³/mol. The van der Waals surface area contributed by atoms with Crippen LogP contribution in [0.2, 0.25) is 0 Å². The summed E-state index contributed by atoms with van der Waals surface area (Å²) in [6, 6.07) is 0. The molecule has 0 fully saturated rings. The SMILES string of the molecule is COC(=O)[C@H]1CCc2nc[nH]c2C1. The molecular formula is C9H12N2O2. The van der Waals surface area contributed by atoms with Crippen molar-refractivity contribution in [1.82, 2.24) is 9.97 Å². The Balaban J connectivity index is 2.13. The van der Waals surface area contributed by atoms with E-state index in [1.807, 2.05) is 0 Å². The van der Waals surface area contributed by atoms with Crippen LogP contribution in [-0.2, 0) is 22.4 Å². The van der Waals surface area contributed by atoms with Crippen molar-refractivity contribution in [2.24, 2.45) is 5.92 Å². The van der Waals surface area contributed by atoms with Crippen LogP contribution in [0.15, 0.2) is 6.33 Å². The van der Waals surface area contributed by atoms with Crippen LogP contribution in [0.3, 0.4) is 0 Å². The molecule has 1 aliphatic rings. The van der Waals surface area contributed by atoms with Crippen LogP contribution in [0, 0.1) is 5.92 Å². The van der Waals surface area contributed by atoms with Crippen molar-refractivity contribution in [2.45, 2.75) is 19.3 Å². The van der Waals surface area contributed by atoms with E-state index in [4.69, 9.17) is 4.74 Å². The highest BCUT2D eigenvalue weighted by atomic mass is 16.5. The highest BCUT2D eigenvalue weighted by Gasteiger charge is 2.26. The first kappa shape index (κ1) is 8.29. The zero-order chi connectivity index (χ0) is 9.26. The van der Waals surface area contributed by atoms with Crippen LogP contribution in [0.4, 0.5) is 0 Å². The van der Waals surface area contributed by atoms with Gasteiger partial charge in [0.15, 0.2) is 0 Å². The van der Waals surface area contributed by atoms with E-state index in [9.17, 15) is 4.79 Å². The van der Waals surface area contributed by atoms with Gasteiger partial charge in [-0.1, -0.05) is 0 Å². The maximum Gasteiger partial charge on any atom is 0.309 e. The first-order chi connectivity index (χ1) is 6.31.